The van der Waals surface area contributed by atoms with E-state index in [1.807, 2.05) is 18.2 Å². The number of hydrogen-bond acceptors (Lipinski definition) is 1. The van der Waals surface area contributed by atoms with Crippen LogP contribution in [0.15, 0.2) is 48.5 Å². The average Bonchev–Trinajstić information content (AvgIpc) is 3.28. The van der Waals surface area contributed by atoms with Gasteiger partial charge in [0.15, 0.2) is 0 Å². The summed E-state index contributed by atoms with van der Waals surface area (Å²) in [5.74, 6) is -0.363. The van der Waals surface area contributed by atoms with Gasteiger partial charge in [-0.3, -0.25) is 4.79 Å². The van der Waals surface area contributed by atoms with Crippen LogP contribution >= 0.6 is 11.6 Å². The Morgan fingerprint density at radius 1 is 1.19 bits per heavy atom. The van der Waals surface area contributed by atoms with Gasteiger partial charge in [0, 0.05) is 17.1 Å². The van der Waals surface area contributed by atoms with Crippen molar-refractivity contribution in [2.75, 3.05) is 0 Å². The summed E-state index contributed by atoms with van der Waals surface area (Å²) in [4.78, 5) is 12.4. The predicted octanol–water partition coefficient (Wildman–Crippen LogP) is 3.83. The van der Waals surface area contributed by atoms with Gasteiger partial charge in [0.2, 0.25) is 5.91 Å². The summed E-state index contributed by atoms with van der Waals surface area (Å²) in [5, 5.41) is 3.46. The Kier molecular flexibility index (Phi) is 3.68. The van der Waals surface area contributed by atoms with Crippen molar-refractivity contribution in [3.63, 3.8) is 0 Å². The van der Waals surface area contributed by atoms with E-state index >= 15 is 0 Å². The number of carbonyl (C=O) groups is 1. The quantitative estimate of drug-likeness (QED) is 0.914. The molecule has 0 radical (unpaired) electrons. The average molecular weight is 304 g/mol. The van der Waals surface area contributed by atoms with Gasteiger partial charge < -0.3 is 5.32 Å². The number of nitrogens with one attached hydrogen (secondary N) is 1. The first-order chi connectivity index (χ1) is 10.1. The molecule has 21 heavy (non-hydrogen) atoms. The van der Waals surface area contributed by atoms with Crippen LogP contribution in [0, 0.1) is 5.82 Å². The standard InChI is InChI=1S/C17H15ClFNO/c18-14-6-3-5-13(10-14)17(8-9-17)16(21)20-11-12-4-1-2-7-15(12)19/h1-7,10H,8-9,11H2,(H,20,21). The zero-order valence-electron chi connectivity index (χ0n) is 11.4. The van der Waals surface area contributed by atoms with E-state index in [0.29, 0.717) is 10.6 Å². The number of hydrogen-bond donors (Lipinski definition) is 1. The molecule has 1 aliphatic carbocycles. The fourth-order valence-electron chi connectivity index (χ4n) is 2.54. The van der Waals surface area contributed by atoms with Crippen molar-refractivity contribution in [2.24, 2.45) is 0 Å². The molecule has 2 nitrogen and oxygen atoms in total. The SMILES string of the molecule is O=C(NCc1ccccc1F)C1(c2cccc(Cl)c2)CC1. The molecule has 108 valence electrons. The van der Waals surface area contributed by atoms with Gasteiger partial charge in [-0.15, -0.1) is 0 Å². The third-order valence-electron chi connectivity index (χ3n) is 3.96. The molecule has 4 heteroatoms. The van der Waals surface area contributed by atoms with Crippen molar-refractivity contribution in [3.8, 4) is 0 Å². The highest BCUT2D eigenvalue weighted by Crippen LogP contribution is 2.48. The van der Waals surface area contributed by atoms with Gasteiger partial charge in [-0.05, 0) is 36.6 Å². The van der Waals surface area contributed by atoms with Crippen molar-refractivity contribution >= 4 is 17.5 Å². The minimum Gasteiger partial charge on any atom is -0.351 e. The second-order valence-corrected chi connectivity index (χ2v) is 5.80. The number of amides is 1. The fraction of sp³-hybridized carbons (Fsp3) is 0.235. The Balaban J connectivity index is 1.72. The van der Waals surface area contributed by atoms with Gasteiger partial charge in [0.05, 0.1) is 5.41 Å². The predicted molar refractivity (Wildman–Crippen MR) is 80.6 cm³/mol. The normalized spacial score (nSPS) is 15.5. The molecule has 0 saturated heterocycles. The molecule has 0 unspecified atom stereocenters. The highest BCUT2D eigenvalue weighted by molar-refractivity contribution is 6.30. The zero-order valence-corrected chi connectivity index (χ0v) is 12.2. The lowest BCUT2D eigenvalue weighted by Gasteiger charge is -2.16. The van der Waals surface area contributed by atoms with Crippen LogP contribution in [-0.4, -0.2) is 5.91 Å². The van der Waals surface area contributed by atoms with Crippen LogP contribution in [0.4, 0.5) is 4.39 Å². The van der Waals surface area contributed by atoms with E-state index in [2.05, 4.69) is 5.32 Å². The monoisotopic (exact) mass is 303 g/mol. The minimum atomic E-state index is -0.490. The molecule has 1 saturated carbocycles. The van der Waals surface area contributed by atoms with Crippen LogP contribution in [0.5, 0.6) is 0 Å². The van der Waals surface area contributed by atoms with E-state index < -0.39 is 5.41 Å². The highest BCUT2D eigenvalue weighted by Gasteiger charge is 2.51. The highest BCUT2D eigenvalue weighted by atomic mass is 35.5. The molecule has 1 aliphatic rings. The molecule has 0 heterocycles. The van der Waals surface area contributed by atoms with E-state index in [-0.39, 0.29) is 18.3 Å². The van der Waals surface area contributed by atoms with Gasteiger partial charge in [-0.25, -0.2) is 4.39 Å². The Morgan fingerprint density at radius 3 is 2.62 bits per heavy atom. The molecular formula is C17H15ClFNO. The van der Waals surface area contributed by atoms with Gasteiger partial charge in [0.1, 0.15) is 5.82 Å². The third-order valence-corrected chi connectivity index (χ3v) is 4.19. The van der Waals surface area contributed by atoms with Crippen LogP contribution in [0.2, 0.25) is 5.02 Å². The Bertz CT molecular complexity index is 682. The smallest absolute Gasteiger partial charge is 0.230 e. The number of rotatable bonds is 4. The molecule has 0 aromatic heterocycles. The Hall–Kier alpha value is -1.87. The number of halogens is 2. The fourth-order valence-corrected chi connectivity index (χ4v) is 2.73. The first-order valence-electron chi connectivity index (χ1n) is 6.90. The van der Waals surface area contributed by atoms with E-state index in [9.17, 15) is 9.18 Å². The Labute approximate surface area is 127 Å². The molecular weight excluding hydrogens is 289 g/mol. The zero-order chi connectivity index (χ0) is 14.9. The molecule has 0 bridgehead atoms. The van der Waals surface area contributed by atoms with Crippen LogP contribution in [0.25, 0.3) is 0 Å². The van der Waals surface area contributed by atoms with Crippen LogP contribution in [-0.2, 0) is 16.8 Å². The largest absolute Gasteiger partial charge is 0.351 e. The minimum absolute atomic E-state index is 0.0620. The molecule has 0 spiro atoms. The first kappa shape index (κ1) is 14.1. The number of benzene rings is 2. The topological polar surface area (TPSA) is 29.1 Å². The molecule has 3 rings (SSSR count). The molecule has 0 atom stereocenters. The maximum atomic E-state index is 13.6. The van der Waals surface area contributed by atoms with Crippen molar-refractivity contribution in [2.45, 2.75) is 24.8 Å². The third kappa shape index (κ3) is 2.79. The lowest BCUT2D eigenvalue weighted by Crippen LogP contribution is -2.34. The van der Waals surface area contributed by atoms with Crippen molar-refractivity contribution in [3.05, 3.63) is 70.5 Å². The van der Waals surface area contributed by atoms with Crippen molar-refractivity contribution in [1.82, 2.24) is 5.32 Å². The van der Waals surface area contributed by atoms with Gasteiger partial charge in [-0.1, -0.05) is 41.9 Å². The molecule has 1 fully saturated rings. The first-order valence-corrected chi connectivity index (χ1v) is 7.27. The van der Waals surface area contributed by atoms with Crippen molar-refractivity contribution < 1.29 is 9.18 Å². The maximum Gasteiger partial charge on any atom is 0.230 e. The van der Waals surface area contributed by atoms with Gasteiger partial charge >= 0.3 is 0 Å². The van der Waals surface area contributed by atoms with E-state index in [1.54, 1.807) is 24.3 Å². The van der Waals surface area contributed by atoms with Crippen molar-refractivity contribution in [1.29, 1.82) is 0 Å². The number of carbonyl (C=O) groups excluding carboxylic acids is 1. The summed E-state index contributed by atoms with van der Waals surface area (Å²) < 4.78 is 13.6. The molecule has 2 aromatic rings. The van der Waals surface area contributed by atoms with E-state index in [4.69, 9.17) is 11.6 Å². The van der Waals surface area contributed by atoms with Gasteiger partial charge in [0.25, 0.3) is 0 Å². The van der Waals surface area contributed by atoms with E-state index in [1.165, 1.54) is 6.07 Å². The van der Waals surface area contributed by atoms with Crippen LogP contribution < -0.4 is 5.32 Å². The van der Waals surface area contributed by atoms with Gasteiger partial charge in [-0.2, -0.15) is 0 Å². The molecule has 2 aromatic carbocycles. The summed E-state index contributed by atoms with van der Waals surface area (Å²) in [6.07, 6.45) is 1.60. The van der Waals surface area contributed by atoms with Crippen LogP contribution in [0.1, 0.15) is 24.0 Å². The lowest BCUT2D eigenvalue weighted by molar-refractivity contribution is -0.123. The second kappa shape index (κ2) is 5.49. The summed E-state index contributed by atoms with van der Waals surface area (Å²) in [5.41, 5.74) is 0.935. The summed E-state index contributed by atoms with van der Waals surface area (Å²) in [7, 11) is 0. The summed E-state index contributed by atoms with van der Waals surface area (Å²) in [6, 6.07) is 13.8. The molecule has 0 aliphatic heterocycles. The molecule has 1 N–H and O–H groups in total. The summed E-state index contributed by atoms with van der Waals surface area (Å²) >= 11 is 6.00. The van der Waals surface area contributed by atoms with Crippen LogP contribution in [0.3, 0.4) is 0 Å². The second-order valence-electron chi connectivity index (χ2n) is 5.37. The Morgan fingerprint density at radius 2 is 1.95 bits per heavy atom. The summed E-state index contributed by atoms with van der Waals surface area (Å²) in [6.45, 7) is 0.202. The maximum absolute atomic E-state index is 13.6. The van der Waals surface area contributed by atoms with E-state index in [0.717, 1.165) is 18.4 Å². The lowest BCUT2D eigenvalue weighted by atomic mass is 9.95. The molecule has 1 amide bonds.